The van der Waals surface area contributed by atoms with Gasteiger partial charge in [-0.25, -0.2) is 0 Å². The van der Waals surface area contributed by atoms with Crippen LogP contribution in [0.3, 0.4) is 0 Å². The zero-order chi connectivity index (χ0) is 23.8. The van der Waals surface area contributed by atoms with E-state index in [2.05, 4.69) is 21.5 Å². The molecule has 0 radical (unpaired) electrons. The van der Waals surface area contributed by atoms with Gasteiger partial charge in [0.1, 0.15) is 5.75 Å². The molecule has 0 aliphatic carbocycles. The van der Waals surface area contributed by atoms with E-state index in [0.29, 0.717) is 28.1 Å². The molecule has 0 aliphatic heterocycles. The van der Waals surface area contributed by atoms with E-state index in [9.17, 15) is 14.4 Å². The van der Waals surface area contributed by atoms with Crippen LogP contribution in [0.4, 0.5) is 5.69 Å². The van der Waals surface area contributed by atoms with Gasteiger partial charge in [-0.2, -0.15) is 0 Å². The predicted molar refractivity (Wildman–Crippen MR) is 129 cm³/mol. The molecule has 0 fully saturated rings. The molecule has 0 spiro atoms. The third-order valence-electron chi connectivity index (χ3n) is 4.55. The van der Waals surface area contributed by atoms with Crippen LogP contribution in [0.15, 0.2) is 72.8 Å². The molecule has 0 bridgehead atoms. The van der Waals surface area contributed by atoms with Crippen molar-refractivity contribution in [3.63, 3.8) is 0 Å². The molecular formula is C24H22N4O4S. The number of benzene rings is 3. The van der Waals surface area contributed by atoms with Crippen LogP contribution >= 0.6 is 12.2 Å². The summed E-state index contributed by atoms with van der Waals surface area (Å²) in [7, 11) is 1.46. The van der Waals surface area contributed by atoms with Crippen molar-refractivity contribution < 1.29 is 19.1 Å². The minimum absolute atomic E-state index is 0.0821. The molecule has 0 saturated carbocycles. The minimum Gasteiger partial charge on any atom is -0.496 e. The molecular weight excluding hydrogens is 440 g/mol. The second-order valence-electron chi connectivity index (χ2n) is 6.96. The van der Waals surface area contributed by atoms with Gasteiger partial charge in [0, 0.05) is 16.8 Å². The average molecular weight is 463 g/mol. The Morgan fingerprint density at radius 2 is 1.52 bits per heavy atom. The molecule has 0 aliphatic rings. The van der Waals surface area contributed by atoms with E-state index >= 15 is 0 Å². The average Bonchev–Trinajstić information content (AvgIpc) is 2.82. The SMILES string of the molecule is COc1ccccc1C(=O)NC(=S)NNC(=O)c1ccc(NC(=O)c2cccc(C)c2)cc1. The Kier molecular flexibility index (Phi) is 7.72. The van der Waals surface area contributed by atoms with Crippen molar-refractivity contribution in [1.29, 1.82) is 0 Å². The Bertz CT molecular complexity index is 1200. The van der Waals surface area contributed by atoms with Crippen molar-refractivity contribution in [1.82, 2.24) is 16.2 Å². The van der Waals surface area contributed by atoms with Gasteiger partial charge in [0.25, 0.3) is 17.7 Å². The van der Waals surface area contributed by atoms with E-state index in [-0.39, 0.29) is 11.0 Å². The lowest BCUT2D eigenvalue weighted by Gasteiger charge is -2.12. The van der Waals surface area contributed by atoms with Gasteiger partial charge in [-0.05, 0) is 67.7 Å². The molecule has 33 heavy (non-hydrogen) atoms. The molecule has 0 aromatic heterocycles. The number of anilines is 1. The van der Waals surface area contributed by atoms with Crippen molar-refractivity contribution in [2.45, 2.75) is 6.92 Å². The van der Waals surface area contributed by atoms with Crippen LogP contribution in [-0.4, -0.2) is 29.9 Å². The summed E-state index contributed by atoms with van der Waals surface area (Å²) < 4.78 is 5.15. The van der Waals surface area contributed by atoms with Gasteiger partial charge in [0.2, 0.25) is 0 Å². The zero-order valence-electron chi connectivity index (χ0n) is 18.0. The van der Waals surface area contributed by atoms with Gasteiger partial charge in [-0.1, -0.05) is 29.8 Å². The Morgan fingerprint density at radius 3 is 2.21 bits per heavy atom. The molecule has 168 valence electrons. The highest BCUT2D eigenvalue weighted by molar-refractivity contribution is 7.80. The smallest absolute Gasteiger partial charge is 0.269 e. The van der Waals surface area contributed by atoms with Crippen molar-refractivity contribution in [3.05, 3.63) is 95.1 Å². The van der Waals surface area contributed by atoms with E-state index in [1.165, 1.54) is 7.11 Å². The normalized spacial score (nSPS) is 10.0. The molecule has 9 heteroatoms. The summed E-state index contributed by atoms with van der Waals surface area (Å²) in [5.74, 6) is -0.793. The Morgan fingerprint density at radius 1 is 0.788 bits per heavy atom. The van der Waals surface area contributed by atoms with Gasteiger partial charge in [-0.3, -0.25) is 30.6 Å². The molecule has 3 aromatic rings. The summed E-state index contributed by atoms with van der Waals surface area (Å²) in [6, 6.07) is 20.3. The molecule has 3 amide bonds. The highest BCUT2D eigenvalue weighted by atomic mass is 32.1. The quantitative estimate of drug-likeness (QED) is 0.343. The van der Waals surface area contributed by atoms with E-state index in [0.717, 1.165) is 5.56 Å². The number of amides is 3. The summed E-state index contributed by atoms with van der Waals surface area (Å²) in [5.41, 5.74) is 7.61. The highest BCUT2D eigenvalue weighted by Crippen LogP contribution is 2.16. The minimum atomic E-state index is -0.479. The Balaban J connectivity index is 1.51. The number of ether oxygens (including phenoxy) is 1. The van der Waals surface area contributed by atoms with Crippen LogP contribution in [0.1, 0.15) is 36.6 Å². The monoisotopic (exact) mass is 462 g/mol. The first-order chi connectivity index (χ1) is 15.9. The third-order valence-corrected chi connectivity index (χ3v) is 4.76. The van der Waals surface area contributed by atoms with Crippen LogP contribution in [0, 0.1) is 6.92 Å². The molecule has 3 rings (SSSR count). The lowest BCUT2D eigenvalue weighted by atomic mass is 10.1. The maximum atomic E-state index is 12.3. The first-order valence-corrected chi connectivity index (χ1v) is 10.3. The first-order valence-electron chi connectivity index (χ1n) is 9.90. The Hall–Kier alpha value is -4.24. The molecule has 3 aromatic carbocycles. The summed E-state index contributed by atoms with van der Waals surface area (Å²) in [6.07, 6.45) is 0. The van der Waals surface area contributed by atoms with Gasteiger partial charge >= 0.3 is 0 Å². The lowest BCUT2D eigenvalue weighted by Crippen LogP contribution is -2.48. The Labute approximate surface area is 196 Å². The van der Waals surface area contributed by atoms with Crippen molar-refractivity contribution >= 4 is 40.7 Å². The van der Waals surface area contributed by atoms with Crippen molar-refractivity contribution in [2.75, 3.05) is 12.4 Å². The molecule has 4 N–H and O–H groups in total. The largest absolute Gasteiger partial charge is 0.496 e. The second-order valence-corrected chi connectivity index (χ2v) is 7.37. The maximum absolute atomic E-state index is 12.3. The van der Waals surface area contributed by atoms with Gasteiger partial charge in [0.15, 0.2) is 5.11 Å². The zero-order valence-corrected chi connectivity index (χ0v) is 18.8. The fourth-order valence-electron chi connectivity index (χ4n) is 2.91. The highest BCUT2D eigenvalue weighted by Gasteiger charge is 2.14. The molecule has 0 atom stereocenters. The summed E-state index contributed by atoms with van der Waals surface area (Å²) in [6.45, 7) is 1.91. The van der Waals surface area contributed by atoms with Crippen LogP contribution in [0.2, 0.25) is 0 Å². The fourth-order valence-corrected chi connectivity index (χ4v) is 3.06. The number of para-hydroxylation sites is 1. The summed E-state index contributed by atoms with van der Waals surface area (Å²) >= 11 is 5.06. The van der Waals surface area contributed by atoms with Gasteiger partial charge in [0.05, 0.1) is 12.7 Å². The van der Waals surface area contributed by atoms with Crippen molar-refractivity contribution in [3.8, 4) is 5.75 Å². The second kappa shape index (κ2) is 10.9. The van der Waals surface area contributed by atoms with E-state index in [4.69, 9.17) is 17.0 Å². The summed E-state index contributed by atoms with van der Waals surface area (Å²) in [4.78, 5) is 37.0. The van der Waals surface area contributed by atoms with Crippen LogP contribution in [-0.2, 0) is 0 Å². The van der Waals surface area contributed by atoms with Gasteiger partial charge < -0.3 is 10.1 Å². The number of hydrazine groups is 1. The fraction of sp³-hybridized carbons (Fsp3) is 0.0833. The van der Waals surface area contributed by atoms with Crippen LogP contribution in [0.5, 0.6) is 5.75 Å². The maximum Gasteiger partial charge on any atom is 0.269 e. The number of rotatable bonds is 5. The number of methoxy groups -OCH3 is 1. The number of nitrogens with one attached hydrogen (secondary N) is 4. The van der Waals surface area contributed by atoms with E-state index in [1.807, 2.05) is 19.1 Å². The lowest BCUT2D eigenvalue weighted by molar-refractivity contribution is 0.0934. The van der Waals surface area contributed by atoms with Crippen LogP contribution < -0.4 is 26.2 Å². The first kappa shape index (κ1) is 23.4. The topological polar surface area (TPSA) is 109 Å². The summed E-state index contributed by atoms with van der Waals surface area (Å²) in [5, 5.41) is 5.17. The predicted octanol–water partition coefficient (Wildman–Crippen LogP) is 3.21. The number of thiocarbonyl (C=S) groups is 1. The number of hydrogen-bond acceptors (Lipinski definition) is 5. The molecule has 8 nitrogen and oxygen atoms in total. The standard InChI is InChI=1S/C24H22N4O4S/c1-15-6-5-7-17(14-15)21(29)25-18-12-10-16(11-13-18)22(30)27-28-24(33)26-23(31)19-8-3-4-9-20(19)32-2/h3-14H,1-2H3,(H,25,29)(H,27,30)(H2,26,28,31,33). The molecule has 0 unspecified atom stereocenters. The van der Waals surface area contributed by atoms with Gasteiger partial charge in [-0.15, -0.1) is 0 Å². The molecule has 0 saturated heterocycles. The van der Waals surface area contributed by atoms with E-state index in [1.54, 1.807) is 60.7 Å². The number of carbonyl (C=O) groups excluding carboxylic acids is 3. The third kappa shape index (κ3) is 6.37. The van der Waals surface area contributed by atoms with Crippen LogP contribution in [0.25, 0.3) is 0 Å². The number of carbonyl (C=O) groups is 3. The molecule has 0 heterocycles. The number of hydrogen-bond donors (Lipinski definition) is 4. The van der Waals surface area contributed by atoms with E-state index < -0.39 is 11.8 Å². The number of aryl methyl sites for hydroxylation is 1. The van der Waals surface area contributed by atoms with Crippen molar-refractivity contribution in [2.24, 2.45) is 0 Å².